The average Bonchev–Trinajstić information content (AvgIpc) is 2.78. The Morgan fingerprint density at radius 1 is 1.24 bits per heavy atom. The normalized spacial score (nSPS) is 16.7. The van der Waals surface area contributed by atoms with Crippen molar-refractivity contribution in [3.8, 4) is 0 Å². The van der Waals surface area contributed by atoms with Crippen molar-refractivity contribution in [1.29, 1.82) is 0 Å². The summed E-state index contributed by atoms with van der Waals surface area (Å²) in [6, 6.07) is 15.8. The van der Waals surface area contributed by atoms with Crippen LogP contribution in [0.4, 0.5) is 11.4 Å². The summed E-state index contributed by atoms with van der Waals surface area (Å²) in [5, 5.41) is 3.57. The van der Waals surface area contributed by atoms with Crippen LogP contribution in [0.15, 0.2) is 48.5 Å². The van der Waals surface area contributed by atoms with Crippen molar-refractivity contribution in [3.63, 3.8) is 0 Å². The molecule has 0 radical (unpaired) electrons. The molecule has 3 rings (SSSR count). The van der Waals surface area contributed by atoms with Crippen LogP contribution in [0.25, 0.3) is 0 Å². The van der Waals surface area contributed by atoms with Gasteiger partial charge in [-0.25, -0.2) is 0 Å². The van der Waals surface area contributed by atoms with Gasteiger partial charge in [-0.1, -0.05) is 29.8 Å². The number of hydrogen-bond acceptors (Lipinski definition) is 2. The van der Waals surface area contributed by atoms with E-state index in [-0.39, 0.29) is 5.91 Å². The van der Waals surface area contributed by atoms with E-state index in [2.05, 4.69) is 29.3 Å². The van der Waals surface area contributed by atoms with E-state index in [1.165, 1.54) is 5.56 Å². The Kier molecular flexibility index (Phi) is 3.84. The predicted octanol–water partition coefficient (Wildman–Crippen LogP) is 3.73. The lowest BCUT2D eigenvalue weighted by molar-refractivity contribution is -0.115. The van der Waals surface area contributed by atoms with E-state index in [0.29, 0.717) is 17.6 Å². The van der Waals surface area contributed by atoms with Gasteiger partial charge < -0.3 is 10.2 Å². The fraction of sp³-hybridized carbons (Fsp3) is 0.235. The summed E-state index contributed by atoms with van der Waals surface area (Å²) < 4.78 is 0. The molecule has 1 aliphatic rings. The van der Waals surface area contributed by atoms with Crippen LogP contribution in [0.5, 0.6) is 0 Å². The number of rotatable bonds is 3. The molecule has 0 bridgehead atoms. The molecule has 108 valence electrons. The van der Waals surface area contributed by atoms with Crippen LogP contribution < -0.4 is 10.2 Å². The number of halogens is 1. The van der Waals surface area contributed by atoms with Crippen LogP contribution >= 0.6 is 11.6 Å². The first kappa shape index (κ1) is 14.0. The zero-order chi connectivity index (χ0) is 14.8. The first-order valence-electron chi connectivity index (χ1n) is 7.03. The molecule has 4 heteroatoms. The van der Waals surface area contributed by atoms with Gasteiger partial charge in [-0.05, 0) is 49.2 Å². The Bertz CT molecular complexity index is 654. The summed E-state index contributed by atoms with van der Waals surface area (Å²) in [4.78, 5) is 14.4. The number of benzene rings is 2. The molecule has 1 aliphatic heterocycles. The number of carbonyl (C=O) groups is 1. The second-order valence-electron chi connectivity index (χ2n) is 5.36. The summed E-state index contributed by atoms with van der Waals surface area (Å²) >= 11 is 5.84. The number of nitrogens with zero attached hydrogens (tertiary/aromatic N) is 1. The molecule has 1 atom stereocenters. The number of fused-ring (bicyclic) bond motifs is 1. The summed E-state index contributed by atoms with van der Waals surface area (Å²) in [6.07, 6.45) is 0.990. The Morgan fingerprint density at radius 2 is 1.95 bits per heavy atom. The van der Waals surface area contributed by atoms with Gasteiger partial charge in [0, 0.05) is 22.4 Å². The van der Waals surface area contributed by atoms with Gasteiger partial charge in [0.15, 0.2) is 0 Å². The molecule has 0 saturated heterocycles. The van der Waals surface area contributed by atoms with Gasteiger partial charge >= 0.3 is 0 Å². The lowest BCUT2D eigenvalue weighted by Gasteiger charge is -2.24. The molecule has 0 saturated carbocycles. The molecule has 0 fully saturated rings. The largest absolute Gasteiger partial charge is 0.359 e. The molecule has 1 N–H and O–H groups in total. The first-order chi connectivity index (χ1) is 10.1. The van der Waals surface area contributed by atoms with Crippen LogP contribution in [0.1, 0.15) is 12.5 Å². The Balaban J connectivity index is 1.69. The molecule has 0 unspecified atom stereocenters. The van der Waals surface area contributed by atoms with Crippen LogP contribution in [0, 0.1) is 0 Å². The fourth-order valence-corrected chi connectivity index (χ4v) is 2.88. The highest BCUT2D eigenvalue weighted by molar-refractivity contribution is 6.30. The summed E-state index contributed by atoms with van der Waals surface area (Å²) in [5.74, 6) is -0.0131. The van der Waals surface area contributed by atoms with Gasteiger partial charge in [-0.3, -0.25) is 4.79 Å². The first-order valence-corrected chi connectivity index (χ1v) is 7.41. The van der Waals surface area contributed by atoms with Gasteiger partial charge in [-0.2, -0.15) is 0 Å². The highest BCUT2D eigenvalue weighted by Gasteiger charge is 2.26. The summed E-state index contributed by atoms with van der Waals surface area (Å²) in [7, 11) is 0. The maximum Gasteiger partial charge on any atom is 0.243 e. The summed E-state index contributed by atoms with van der Waals surface area (Å²) in [6.45, 7) is 2.51. The Hall–Kier alpha value is -2.00. The highest BCUT2D eigenvalue weighted by Crippen LogP contribution is 2.31. The standard InChI is InChI=1S/C17H17ClN2O/c1-12-10-13-4-2-3-5-16(13)20(12)11-17(21)19-15-8-6-14(18)7-9-15/h2-9,12H,10-11H2,1H3,(H,19,21)/t12-/m0/s1. The van der Waals surface area contributed by atoms with Crippen molar-refractivity contribution >= 4 is 28.9 Å². The van der Waals surface area contributed by atoms with Crippen molar-refractivity contribution in [3.05, 3.63) is 59.1 Å². The Labute approximate surface area is 129 Å². The quantitative estimate of drug-likeness (QED) is 0.937. The molecule has 2 aromatic carbocycles. The lowest BCUT2D eigenvalue weighted by atomic mass is 10.1. The van der Waals surface area contributed by atoms with Crippen LogP contribution in [-0.2, 0) is 11.2 Å². The van der Waals surface area contributed by atoms with Crippen molar-refractivity contribution in [2.24, 2.45) is 0 Å². The third-order valence-electron chi connectivity index (χ3n) is 3.79. The minimum atomic E-state index is -0.0131. The number of carbonyl (C=O) groups excluding carboxylic acids is 1. The van der Waals surface area contributed by atoms with Crippen molar-refractivity contribution in [2.45, 2.75) is 19.4 Å². The third-order valence-corrected chi connectivity index (χ3v) is 4.04. The smallest absolute Gasteiger partial charge is 0.243 e. The van der Waals surface area contributed by atoms with Crippen LogP contribution in [0.3, 0.4) is 0 Å². The molecule has 3 nitrogen and oxygen atoms in total. The molecule has 0 spiro atoms. The highest BCUT2D eigenvalue weighted by atomic mass is 35.5. The second kappa shape index (κ2) is 5.78. The van der Waals surface area contributed by atoms with Crippen molar-refractivity contribution in [2.75, 3.05) is 16.8 Å². The van der Waals surface area contributed by atoms with Gasteiger partial charge in [0.25, 0.3) is 0 Å². The van der Waals surface area contributed by atoms with E-state index in [4.69, 9.17) is 11.6 Å². The van der Waals surface area contributed by atoms with Crippen molar-refractivity contribution < 1.29 is 4.79 Å². The molecule has 21 heavy (non-hydrogen) atoms. The molecule has 1 amide bonds. The lowest BCUT2D eigenvalue weighted by Crippen LogP contribution is -2.37. The zero-order valence-electron chi connectivity index (χ0n) is 11.8. The van der Waals surface area contributed by atoms with E-state index >= 15 is 0 Å². The SMILES string of the molecule is C[C@H]1Cc2ccccc2N1CC(=O)Nc1ccc(Cl)cc1. The van der Waals surface area contributed by atoms with Gasteiger partial charge in [-0.15, -0.1) is 0 Å². The molecule has 2 aromatic rings. The monoisotopic (exact) mass is 300 g/mol. The maximum absolute atomic E-state index is 12.2. The molecule has 1 heterocycles. The van der Waals surface area contributed by atoms with Crippen molar-refractivity contribution in [1.82, 2.24) is 0 Å². The predicted molar refractivity (Wildman–Crippen MR) is 87.0 cm³/mol. The number of nitrogens with one attached hydrogen (secondary N) is 1. The number of amides is 1. The number of anilines is 2. The van der Waals surface area contributed by atoms with Gasteiger partial charge in [0.05, 0.1) is 6.54 Å². The van der Waals surface area contributed by atoms with Gasteiger partial charge in [0.2, 0.25) is 5.91 Å². The third kappa shape index (κ3) is 3.03. The minimum absolute atomic E-state index is 0.0131. The maximum atomic E-state index is 12.2. The minimum Gasteiger partial charge on any atom is -0.359 e. The molecule has 0 aliphatic carbocycles. The van der Waals surface area contributed by atoms with E-state index in [1.807, 2.05) is 24.3 Å². The number of hydrogen-bond donors (Lipinski definition) is 1. The second-order valence-corrected chi connectivity index (χ2v) is 5.80. The van der Waals surface area contributed by atoms with E-state index in [1.54, 1.807) is 12.1 Å². The molecular weight excluding hydrogens is 284 g/mol. The summed E-state index contributed by atoms with van der Waals surface area (Å²) in [5.41, 5.74) is 3.24. The van der Waals surface area contributed by atoms with Crippen LogP contribution in [-0.4, -0.2) is 18.5 Å². The van der Waals surface area contributed by atoms with Crippen LogP contribution in [0.2, 0.25) is 5.02 Å². The topological polar surface area (TPSA) is 32.3 Å². The average molecular weight is 301 g/mol. The number of para-hydroxylation sites is 1. The molecular formula is C17H17ClN2O. The fourth-order valence-electron chi connectivity index (χ4n) is 2.76. The van der Waals surface area contributed by atoms with Gasteiger partial charge in [0.1, 0.15) is 0 Å². The van der Waals surface area contributed by atoms with E-state index in [9.17, 15) is 4.79 Å². The Morgan fingerprint density at radius 3 is 2.71 bits per heavy atom. The zero-order valence-corrected chi connectivity index (χ0v) is 12.6. The molecule has 0 aromatic heterocycles. The van der Waals surface area contributed by atoms with E-state index in [0.717, 1.165) is 17.8 Å². The van der Waals surface area contributed by atoms with E-state index < -0.39 is 0 Å².